The first-order valence-corrected chi connectivity index (χ1v) is 6.42. The van der Waals surface area contributed by atoms with Crippen LogP contribution in [0.4, 0.5) is 0 Å². The van der Waals surface area contributed by atoms with E-state index in [4.69, 9.17) is 5.73 Å². The summed E-state index contributed by atoms with van der Waals surface area (Å²) in [6, 6.07) is 7.97. The molecule has 0 aromatic heterocycles. The standard InChI is InChI=1S/C14H22N2O/c1-11-3-2-8-16(14(11)9-15)10-12-4-6-13(17)7-5-12/h4-7,11,14,17H,2-3,8-10,15H2,1H3. The first-order chi connectivity index (χ1) is 8.20. The second-order valence-corrected chi connectivity index (χ2v) is 5.06. The monoisotopic (exact) mass is 234 g/mol. The second-order valence-electron chi connectivity index (χ2n) is 5.06. The van der Waals surface area contributed by atoms with E-state index in [9.17, 15) is 5.11 Å². The topological polar surface area (TPSA) is 49.5 Å². The number of aromatic hydroxyl groups is 1. The van der Waals surface area contributed by atoms with Crippen molar-refractivity contribution in [3.8, 4) is 5.75 Å². The van der Waals surface area contributed by atoms with Crippen LogP contribution in [-0.2, 0) is 6.54 Å². The molecule has 17 heavy (non-hydrogen) atoms. The van der Waals surface area contributed by atoms with E-state index in [1.54, 1.807) is 12.1 Å². The first-order valence-electron chi connectivity index (χ1n) is 6.42. The minimum Gasteiger partial charge on any atom is -0.508 e. The number of nitrogens with two attached hydrogens (primary N) is 1. The quantitative estimate of drug-likeness (QED) is 0.840. The molecule has 0 spiro atoms. The number of piperidine rings is 1. The van der Waals surface area contributed by atoms with E-state index in [1.165, 1.54) is 18.4 Å². The Morgan fingerprint density at radius 3 is 2.71 bits per heavy atom. The molecule has 1 aliphatic heterocycles. The number of likely N-dealkylation sites (tertiary alicyclic amines) is 1. The van der Waals surface area contributed by atoms with Crippen LogP contribution in [0.3, 0.4) is 0 Å². The van der Waals surface area contributed by atoms with Crippen LogP contribution in [0.25, 0.3) is 0 Å². The van der Waals surface area contributed by atoms with E-state index >= 15 is 0 Å². The molecule has 2 rings (SSSR count). The average Bonchev–Trinajstić information content (AvgIpc) is 2.32. The molecule has 1 aromatic rings. The Balaban J connectivity index is 2.03. The zero-order valence-corrected chi connectivity index (χ0v) is 10.5. The Hall–Kier alpha value is -1.06. The minimum absolute atomic E-state index is 0.330. The van der Waals surface area contributed by atoms with Crippen molar-refractivity contribution in [1.29, 1.82) is 0 Å². The van der Waals surface area contributed by atoms with Crippen molar-refractivity contribution in [1.82, 2.24) is 4.90 Å². The van der Waals surface area contributed by atoms with Crippen molar-refractivity contribution in [2.24, 2.45) is 11.7 Å². The van der Waals surface area contributed by atoms with E-state index in [0.29, 0.717) is 17.7 Å². The minimum atomic E-state index is 0.330. The Morgan fingerprint density at radius 1 is 1.35 bits per heavy atom. The summed E-state index contributed by atoms with van der Waals surface area (Å²) in [4.78, 5) is 2.47. The first kappa shape index (κ1) is 12.4. The van der Waals surface area contributed by atoms with E-state index in [1.807, 2.05) is 12.1 Å². The predicted molar refractivity (Wildman–Crippen MR) is 69.8 cm³/mol. The van der Waals surface area contributed by atoms with Crippen molar-refractivity contribution >= 4 is 0 Å². The highest BCUT2D eigenvalue weighted by Gasteiger charge is 2.26. The van der Waals surface area contributed by atoms with Crippen LogP contribution < -0.4 is 5.73 Å². The van der Waals surface area contributed by atoms with Crippen molar-refractivity contribution < 1.29 is 5.11 Å². The normalized spacial score (nSPS) is 26.0. The smallest absolute Gasteiger partial charge is 0.115 e. The summed E-state index contributed by atoms with van der Waals surface area (Å²) in [6.45, 7) is 5.10. The number of phenols is 1. The molecule has 0 radical (unpaired) electrons. The number of rotatable bonds is 3. The number of benzene rings is 1. The molecule has 0 aliphatic carbocycles. The lowest BCUT2D eigenvalue weighted by Gasteiger charge is -2.39. The van der Waals surface area contributed by atoms with Gasteiger partial charge in [-0.15, -0.1) is 0 Å². The van der Waals surface area contributed by atoms with Crippen LogP contribution in [0.15, 0.2) is 24.3 Å². The zero-order valence-electron chi connectivity index (χ0n) is 10.5. The third-order valence-corrected chi connectivity index (χ3v) is 3.79. The lowest BCUT2D eigenvalue weighted by Crippen LogP contribution is -2.47. The predicted octanol–water partition coefficient (Wildman–Crippen LogP) is 1.95. The van der Waals surface area contributed by atoms with Gasteiger partial charge in [-0.25, -0.2) is 0 Å². The van der Waals surface area contributed by atoms with Gasteiger partial charge in [0.2, 0.25) is 0 Å². The highest BCUT2D eigenvalue weighted by Crippen LogP contribution is 2.24. The molecule has 2 unspecified atom stereocenters. The fourth-order valence-corrected chi connectivity index (χ4v) is 2.75. The van der Waals surface area contributed by atoms with Crippen molar-refractivity contribution in [2.45, 2.75) is 32.4 Å². The van der Waals surface area contributed by atoms with Gasteiger partial charge in [0, 0.05) is 19.1 Å². The van der Waals surface area contributed by atoms with Gasteiger partial charge in [-0.3, -0.25) is 4.90 Å². The third kappa shape index (κ3) is 2.99. The number of phenolic OH excluding ortho intramolecular Hbond substituents is 1. The van der Waals surface area contributed by atoms with Gasteiger partial charge in [0.05, 0.1) is 0 Å². The Bertz CT molecular complexity index is 350. The summed E-state index contributed by atoms with van der Waals surface area (Å²) in [5.74, 6) is 1.02. The summed E-state index contributed by atoms with van der Waals surface area (Å²) >= 11 is 0. The Labute approximate surface area is 103 Å². The molecule has 2 atom stereocenters. The molecule has 1 aromatic carbocycles. The SMILES string of the molecule is CC1CCCN(Cc2ccc(O)cc2)C1CN. The summed E-state index contributed by atoms with van der Waals surface area (Å²) in [5.41, 5.74) is 7.13. The second kappa shape index (κ2) is 5.52. The molecule has 1 fully saturated rings. The maximum absolute atomic E-state index is 9.27. The van der Waals surface area contributed by atoms with Gasteiger partial charge in [-0.2, -0.15) is 0 Å². The van der Waals surface area contributed by atoms with E-state index in [2.05, 4.69) is 11.8 Å². The fraction of sp³-hybridized carbons (Fsp3) is 0.571. The maximum atomic E-state index is 9.27. The summed E-state index contributed by atoms with van der Waals surface area (Å²) in [7, 11) is 0. The number of hydrogen-bond donors (Lipinski definition) is 2. The Kier molecular flexibility index (Phi) is 4.02. The molecule has 3 heteroatoms. The highest BCUT2D eigenvalue weighted by atomic mass is 16.3. The molecule has 1 aliphatic rings. The summed E-state index contributed by atoms with van der Waals surface area (Å²) in [5, 5.41) is 9.27. The lowest BCUT2D eigenvalue weighted by atomic mass is 9.90. The molecule has 1 heterocycles. The summed E-state index contributed by atoms with van der Waals surface area (Å²) < 4.78 is 0. The van der Waals surface area contributed by atoms with E-state index < -0.39 is 0 Å². The van der Waals surface area contributed by atoms with Crippen LogP contribution in [0.1, 0.15) is 25.3 Å². The average molecular weight is 234 g/mol. The molecule has 1 saturated heterocycles. The van der Waals surface area contributed by atoms with Gasteiger partial charge < -0.3 is 10.8 Å². The van der Waals surface area contributed by atoms with E-state index in [-0.39, 0.29) is 0 Å². The molecule has 94 valence electrons. The molecule has 3 N–H and O–H groups in total. The van der Waals surface area contributed by atoms with Crippen molar-refractivity contribution in [3.05, 3.63) is 29.8 Å². The van der Waals surface area contributed by atoms with Crippen LogP contribution in [0, 0.1) is 5.92 Å². The number of hydrogen-bond acceptors (Lipinski definition) is 3. The van der Waals surface area contributed by atoms with Crippen LogP contribution in [-0.4, -0.2) is 29.1 Å². The Morgan fingerprint density at radius 2 is 2.06 bits per heavy atom. The molecular weight excluding hydrogens is 212 g/mol. The van der Waals surface area contributed by atoms with Gasteiger partial charge in [0.15, 0.2) is 0 Å². The van der Waals surface area contributed by atoms with Gasteiger partial charge in [-0.05, 0) is 43.0 Å². The fourth-order valence-electron chi connectivity index (χ4n) is 2.75. The van der Waals surface area contributed by atoms with Crippen LogP contribution >= 0.6 is 0 Å². The van der Waals surface area contributed by atoms with Gasteiger partial charge >= 0.3 is 0 Å². The highest BCUT2D eigenvalue weighted by molar-refractivity contribution is 5.25. The maximum Gasteiger partial charge on any atom is 0.115 e. The third-order valence-electron chi connectivity index (χ3n) is 3.79. The molecule has 0 saturated carbocycles. The number of nitrogens with zero attached hydrogens (tertiary/aromatic N) is 1. The van der Waals surface area contributed by atoms with Crippen LogP contribution in [0.5, 0.6) is 5.75 Å². The molecule has 3 nitrogen and oxygen atoms in total. The van der Waals surface area contributed by atoms with Gasteiger partial charge in [-0.1, -0.05) is 19.1 Å². The van der Waals surface area contributed by atoms with Gasteiger partial charge in [0.25, 0.3) is 0 Å². The van der Waals surface area contributed by atoms with Crippen molar-refractivity contribution in [2.75, 3.05) is 13.1 Å². The molecule has 0 amide bonds. The molecule has 0 bridgehead atoms. The lowest BCUT2D eigenvalue weighted by molar-refractivity contribution is 0.0991. The van der Waals surface area contributed by atoms with E-state index in [0.717, 1.165) is 19.6 Å². The van der Waals surface area contributed by atoms with Gasteiger partial charge in [0.1, 0.15) is 5.75 Å². The molecular formula is C14H22N2O. The largest absolute Gasteiger partial charge is 0.508 e. The van der Waals surface area contributed by atoms with Crippen LogP contribution in [0.2, 0.25) is 0 Å². The summed E-state index contributed by atoms with van der Waals surface area (Å²) in [6.07, 6.45) is 2.55. The zero-order chi connectivity index (χ0) is 12.3. The van der Waals surface area contributed by atoms with Crippen molar-refractivity contribution in [3.63, 3.8) is 0 Å².